The molecule has 1 atom stereocenters. The van der Waals surface area contributed by atoms with Gasteiger partial charge in [0.2, 0.25) is 5.88 Å². The molecule has 19 heavy (non-hydrogen) atoms. The van der Waals surface area contributed by atoms with Crippen molar-refractivity contribution in [3.05, 3.63) is 60.1 Å². The van der Waals surface area contributed by atoms with Crippen molar-refractivity contribution < 1.29 is 5.11 Å². The molecule has 2 aliphatic heterocycles. The number of hydrogen-bond donors (Lipinski definition) is 1. The zero-order valence-corrected chi connectivity index (χ0v) is 11.5. The lowest BCUT2D eigenvalue weighted by Gasteiger charge is -2.16. The number of aliphatic hydroxyl groups excluding tert-OH is 1. The van der Waals surface area contributed by atoms with Gasteiger partial charge in [0.15, 0.2) is 0 Å². The molecule has 3 nitrogen and oxygen atoms in total. The van der Waals surface area contributed by atoms with Gasteiger partial charge in [-0.25, -0.2) is 4.98 Å². The Hall–Kier alpha value is -1.59. The minimum atomic E-state index is 0.153. The van der Waals surface area contributed by atoms with E-state index in [4.69, 9.17) is 0 Å². The van der Waals surface area contributed by atoms with Crippen LogP contribution < -0.4 is 4.90 Å². The number of nitrogens with zero attached hydrogens (tertiary/aromatic N) is 2. The predicted molar refractivity (Wildman–Crippen MR) is 79.9 cm³/mol. The molecule has 2 aromatic rings. The average Bonchev–Trinajstić information content (AvgIpc) is 2.97. The third kappa shape index (κ3) is 1.65. The number of anilines is 1. The fourth-order valence-corrected chi connectivity index (χ4v) is 4.93. The van der Waals surface area contributed by atoms with Gasteiger partial charge in [0, 0.05) is 6.20 Å². The molecule has 1 unspecified atom stereocenters. The smallest absolute Gasteiger partial charge is 0.207 e. The number of rotatable bonds is 1. The number of thioether (sulfide) groups is 2. The van der Waals surface area contributed by atoms with Crippen LogP contribution in [0, 0.1) is 0 Å². The molecule has 0 saturated heterocycles. The van der Waals surface area contributed by atoms with Crippen LogP contribution in [0.4, 0.5) is 5.69 Å². The Morgan fingerprint density at radius 3 is 2.74 bits per heavy atom. The van der Waals surface area contributed by atoms with Gasteiger partial charge in [0.25, 0.3) is 0 Å². The zero-order valence-electron chi connectivity index (χ0n) is 9.85. The summed E-state index contributed by atoms with van der Waals surface area (Å²) in [6.07, 6.45) is 1.79. The van der Waals surface area contributed by atoms with Crippen LogP contribution in [0.25, 0.3) is 4.91 Å². The fraction of sp³-hybridized carbons (Fsp3) is 0.0714. The highest BCUT2D eigenvalue weighted by Crippen LogP contribution is 2.56. The molecule has 94 valence electrons. The molecule has 0 spiro atoms. The monoisotopic (exact) mass is 286 g/mol. The molecule has 1 aromatic carbocycles. The number of hydrogen-bond acceptors (Lipinski definition) is 5. The molecule has 0 aliphatic carbocycles. The number of fused-ring (bicyclic) bond motifs is 3. The van der Waals surface area contributed by atoms with Crippen molar-refractivity contribution in [1.82, 2.24) is 4.98 Å². The Kier molecular flexibility index (Phi) is 2.50. The quantitative estimate of drug-likeness (QED) is 0.860. The van der Waals surface area contributed by atoms with E-state index in [1.54, 1.807) is 29.7 Å². The molecular formula is C14H10N2OS2. The highest BCUT2D eigenvalue weighted by atomic mass is 32.2. The van der Waals surface area contributed by atoms with Gasteiger partial charge in [-0.2, -0.15) is 0 Å². The second kappa shape index (κ2) is 4.21. The van der Waals surface area contributed by atoms with E-state index in [0.717, 1.165) is 21.2 Å². The summed E-state index contributed by atoms with van der Waals surface area (Å²) in [6, 6.07) is 13.9. The van der Waals surface area contributed by atoms with Crippen molar-refractivity contribution in [2.24, 2.45) is 0 Å². The molecule has 0 fully saturated rings. The van der Waals surface area contributed by atoms with E-state index >= 15 is 0 Å². The first kappa shape index (κ1) is 11.3. The van der Waals surface area contributed by atoms with Gasteiger partial charge < -0.3 is 5.11 Å². The maximum atomic E-state index is 10.5. The third-order valence-corrected chi connectivity index (χ3v) is 5.71. The van der Waals surface area contributed by atoms with Crippen molar-refractivity contribution in [1.29, 1.82) is 0 Å². The van der Waals surface area contributed by atoms with E-state index in [-0.39, 0.29) is 4.71 Å². The molecule has 3 heterocycles. The van der Waals surface area contributed by atoms with Crippen molar-refractivity contribution in [2.75, 3.05) is 4.90 Å². The number of pyridine rings is 1. The average molecular weight is 286 g/mol. The van der Waals surface area contributed by atoms with Crippen LogP contribution in [0.3, 0.4) is 0 Å². The first-order valence-electron chi connectivity index (χ1n) is 5.91. The van der Waals surface area contributed by atoms with Crippen LogP contribution in [-0.4, -0.2) is 14.8 Å². The SMILES string of the molecule is OC1=C(c2ccccc2)SC2Sc3ncccc3N12. The maximum Gasteiger partial charge on any atom is 0.207 e. The molecule has 4 rings (SSSR count). The Balaban J connectivity index is 1.81. The summed E-state index contributed by atoms with van der Waals surface area (Å²) < 4.78 is 0.153. The summed E-state index contributed by atoms with van der Waals surface area (Å²) in [7, 11) is 0. The Labute approximate surface area is 119 Å². The van der Waals surface area contributed by atoms with Crippen molar-refractivity contribution in [2.45, 2.75) is 9.73 Å². The van der Waals surface area contributed by atoms with Gasteiger partial charge in [-0.1, -0.05) is 53.9 Å². The van der Waals surface area contributed by atoms with Gasteiger partial charge in [0.1, 0.15) is 9.73 Å². The van der Waals surface area contributed by atoms with Crippen LogP contribution in [0.2, 0.25) is 0 Å². The lowest BCUT2D eigenvalue weighted by molar-refractivity contribution is 0.401. The van der Waals surface area contributed by atoms with Crippen molar-refractivity contribution in [3.8, 4) is 0 Å². The van der Waals surface area contributed by atoms with E-state index in [0.29, 0.717) is 5.88 Å². The van der Waals surface area contributed by atoms with E-state index in [9.17, 15) is 5.11 Å². The van der Waals surface area contributed by atoms with Crippen LogP contribution in [-0.2, 0) is 0 Å². The highest BCUT2D eigenvalue weighted by Gasteiger charge is 2.41. The number of aliphatic hydroxyl groups is 1. The van der Waals surface area contributed by atoms with Crippen LogP contribution in [0.5, 0.6) is 0 Å². The molecule has 1 N–H and O–H groups in total. The number of aromatic nitrogens is 1. The van der Waals surface area contributed by atoms with Crippen LogP contribution in [0.15, 0.2) is 59.6 Å². The highest BCUT2D eigenvalue weighted by molar-refractivity contribution is 8.22. The summed E-state index contributed by atoms with van der Waals surface area (Å²) in [6.45, 7) is 0. The molecular weight excluding hydrogens is 276 g/mol. The van der Waals surface area contributed by atoms with Crippen molar-refractivity contribution >= 4 is 34.1 Å². The largest absolute Gasteiger partial charge is 0.494 e. The summed E-state index contributed by atoms with van der Waals surface area (Å²) in [5, 5.41) is 11.5. The molecule has 1 aromatic heterocycles. The van der Waals surface area contributed by atoms with Gasteiger partial charge in [-0.3, -0.25) is 4.90 Å². The number of benzene rings is 1. The molecule has 0 amide bonds. The summed E-state index contributed by atoms with van der Waals surface area (Å²) in [4.78, 5) is 7.24. The fourth-order valence-electron chi connectivity index (χ4n) is 2.26. The first-order chi connectivity index (χ1) is 9.34. The predicted octanol–water partition coefficient (Wildman–Crippen LogP) is 3.91. The van der Waals surface area contributed by atoms with Gasteiger partial charge in [0.05, 0.1) is 10.6 Å². The third-order valence-electron chi connectivity index (χ3n) is 3.12. The summed E-state index contributed by atoms with van der Waals surface area (Å²) >= 11 is 3.36. The topological polar surface area (TPSA) is 36.4 Å². The minimum absolute atomic E-state index is 0.153. The molecule has 0 radical (unpaired) electrons. The minimum Gasteiger partial charge on any atom is -0.494 e. The molecule has 2 aliphatic rings. The van der Waals surface area contributed by atoms with Gasteiger partial charge >= 0.3 is 0 Å². The zero-order chi connectivity index (χ0) is 12.8. The Morgan fingerprint density at radius 2 is 1.89 bits per heavy atom. The maximum absolute atomic E-state index is 10.5. The van der Waals surface area contributed by atoms with Crippen LogP contribution >= 0.6 is 23.5 Å². The Morgan fingerprint density at radius 1 is 1.05 bits per heavy atom. The van der Waals surface area contributed by atoms with Crippen molar-refractivity contribution in [3.63, 3.8) is 0 Å². The second-order valence-corrected chi connectivity index (χ2v) is 6.72. The Bertz CT molecular complexity index is 672. The second-order valence-electron chi connectivity index (χ2n) is 4.26. The molecule has 0 bridgehead atoms. The van der Waals surface area contributed by atoms with E-state index < -0.39 is 0 Å². The lowest BCUT2D eigenvalue weighted by Crippen LogP contribution is -2.20. The van der Waals surface area contributed by atoms with E-state index in [2.05, 4.69) is 4.98 Å². The van der Waals surface area contributed by atoms with E-state index in [1.165, 1.54) is 0 Å². The standard InChI is InChI=1S/C14H10N2OS2/c17-13-11(9-5-2-1-3-6-9)18-14-16(13)10-7-4-8-15-12(10)19-14/h1-8,14,17H. The normalized spacial score (nSPS) is 20.6. The molecule has 5 heteroatoms. The van der Waals surface area contributed by atoms with Gasteiger partial charge in [-0.05, 0) is 17.7 Å². The van der Waals surface area contributed by atoms with Crippen LogP contribution in [0.1, 0.15) is 5.56 Å². The summed E-state index contributed by atoms with van der Waals surface area (Å²) in [5.41, 5.74) is 2.05. The summed E-state index contributed by atoms with van der Waals surface area (Å²) in [5.74, 6) is 0.334. The lowest BCUT2D eigenvalue weighted by atomic mass is 10.2. The van der Waals surface area contributed by atoms with E-state index in [1.807, 2.05) is 47.4 Å². The molecule has 0 saturated carbocycles. The first-order valence-corrected chi connectivity index (χ1v) is 7.67. The van der Waals surface area contributed by atoms with Gasteiger partial charge in [-0.15, -0.1) is 0 Å².